The summed E-state index contributed by atoms with van der Waals surface area (Å²) in [5, 5.41) is 2.85. The normalized spacial score (nSPS) is 14.0. The maximum atomic E-state index is 12.9. The van der Waals surface area contributed by atoms with Crippen molar-refractivity contribution in [1.29, 1.82) is 0 Å². The molecule has 0 bridgehead atoms. The highest BCUT2D eigenvalue weighted by Gasteiger charge is 2.42. The minimum Gasteiger partial charge on any atom is -0.354 e. The van der Waals surface area contributed by atoms with Crippen LogP contribution in [0.3, 0.4) is 0 Å². The van der Waals surface area contributed by atoms with E-state index in [4.69, 9.17) is 0 Å². The Morgan fingerprint density at radius 1 is 1.00 bits per heavy atom. The number of unbranched alkanes of at least 4 members (excludes halogenated alkanes) is 1. The van der Waals surface area contributed by atoms with Gasteiger partial charge in [0.15, 0.2) is 0 Å². The third-order valence-electron chi connectivity index (χ3n) is 4.60. The molecule has 1 aliphatic heterocycles. The van der Waals surface area contributed by atoms with Gasteiger partial charge in [0.25, 0.3) is 11.8 Å². The van der Waals surface area contributed by atoms with E-state index < -0.39 is 17.9 Å². The van der Waals surface area contributed by atoms with Gasteiger partial charge in [0, 0.05) is 13.0 Å². The summed E-state index contributed by atoms with van der Waals surface area (Å²) in [6.45, 7) is 4.14. The van der Waals surface area contributed by atoms with Crippen molar-refractivity contribution in [2.45, 2.75) is 25.3 Å². The lowest BCUT2D eigenvalue weighted by molar-refractivity contribution is -0.125. The first-order valence-corrected chi connectivity index (χ1v) is 9.03. The second kappa shape index (κ2) is 8.45. The van der Waals surface area contributed by atoms with E-state index in [1.54, 1.807) is 30.3 Å². The van der Waals surface area contributed by atoms with Crippen LogP contribution in [0.2, 0.25) is 0 Å². The second-order valence-corrected chi connectivity index (χ2v) is 6.45. The molecule has 2 aromatic rings. The molecule has 5 heteroatoms. The molecule has 3 amide bonds. The fourth-order valence-corrected chi connectivity index (χ4v) is 3.21. The zero-order valence-corrected chi connectivity index (χ0v) is 15.1. The lowest BCUT2D eigenvalue weighted by atomic mass is 10.0. The number of rotatable bonds is 8. The fourth-order valence-electron chi connectivity index (χ4n) is 3.21. The quantitative estimate of drug-likeness (QED) is 0.446. The van der Waals surface area contributed by atoms with Crippen molar-refractivity contribution < 1.29 is 14.4 Å². The summed E-state index contributed by atoms with van der Waals surface area (Å²) in [5.41, 5.74) is 1.58. The van der Waals surface area contributed by atoms with Crippen molar-refractivity contribution in [1.82, 2.24) is 10.2 Å². The summed E-state index contributed by atoms with van der Waals surface area (Å²) in [6, 6.07) is 15.2. The van der Waals surface area contributed by atoms with Gasteiger partial charge >= 0.3 is 0 Å². The number of imide groups is 1. The number of nitrogens with zero attached hydrogens (tertiary/aromatic N) is 1. The van der Waals surface area contributed by atoms with Crippen LogP contribution < -0.4 is 5.32 Å². The Labute approximate surface area is 158 Å². The van der Waals surface area contributed by atoms with E-state index in [1.807, 2.05) is 30.3 Å². The molecule has 1 N–H and O–H groups in total. The van der Waals surface area contributed by atoms with Gasteiger partial charge in [0.2, 0.25) is 5.91 Å². The van der Waals surface area contributed by atoms with Crippen LogP contribution in [0.5, 0.6) is 0 Å². The number of carbonyl (C=O) groups excluding carboxylic acids is 3. The molecule has 0 fully saturated rings. The molecule has 3 rings (SSSR count). The number of benzene rings is 2. The number of allylic oxidation sites excluding steroid dienone is 1. The Hall–Kier alpha value is -3.21. The third kappa shape index (κ3) is 3.97. The fraction of sp³-hybridized carbons (Fsp3) is 0.227. The van der Waals surface area contributed by atoms with Crippen LogP contribution in [-0.2, 0) is 11.2 Å². The van der Waals surface area contributed by atoms with Crippen LogP contribution in [0.4, 0.5) is 0 Å². The maximum Gasteiger partial charge on any atom is 0.262 e. The van der Waals surface area contributed by atoms with Crippen molar-refractivity contribution in [2.24, 2.45) is 0 Å². The molecule has 1 atom stereocenters. The lowest BCUT2D eigenvalue weighted by Gasteiger charge is -2.25. The monoisotopic (exact) mass is 362 g/mol. The molecule has 1 unspecified atom stereocenters. The standard InChI is InChI=1S/C22H22N2O3/c1-2-3-9-14-23-20(25)19(15-16-10-5-4-6-11-16)24-21(26)17-12-7-8-13-18(17)22(24)27/h2,4-8,10-13,19H,1,3,9,14-15H2,(H,23,25). The van der Waals surface area contributed by atoms with E-state index in [9.17, 15) is 14.4 Å². The van der Waals surface area contributed by atoms with Gasteiger partial charge in [-0.15, -0.1) is 6.58 Å². The highest BCUT2D eigenvalue weighted by Crippen LogP contribution is 2.26. The summed E-state index contributed by atoms with van der Waals surface area (Å²) < 4.78 is 0. The maximum absolute atomic E-state index is 12.9. The molecule has 0 saturated carbocycles. The largest absolute Gasteiger partial charge is 0.354 e. The summed E-state index contributed by atoms with van der Waals surface area (Å²) in [4.78, 5) is 39.6. The van der Waals surface area contributed by atoms with Crippen LogP contribution in [-0.4, -0.2) is 35.2 Å². The molecule has 0 aromatic heterocycles. The molecule has 1 heterocycles. The number of hydrogen-bond acceptors (Lipinski definition) is 3. The average molecular weight is 362 g/mol. The first-order valence-electron chi connectivity index (χ1n) is 9.03. The van der Waals surface area contributed by atoms with E-state index in [-0.39, 0.29) is 12.3 Å². The Kier molecular flexibility index (Phi) is 5.81. The molecular weight excluding hydrogens is 340 g/mol. The SMILES string of the molecule is C=CCCCNC(=O)C(Cc1ccccc1)N1C(=O)c2ccccc2C1=O. The van der Waals surface area contributed by atoms with Crippen LogP contribution in [0.15, 0.2) is 67.3 Å². The van der Waals surface area contributed by atoms with Crippen LogP contribution in [0, 0.1) is 0 Å². The highest BCUT2D eigenvalue weighted by atomic mass is 16.2. The summed E-state index contributed by atoms with van der Waals surface area (Å²) in [6.07, 6.45) is 3.61. The zero-order chi connectivity index (χ0) is 19.2. The Balaban J connectivity index is 1.85. The molecule has 27 heavy (non-hydrogen) atoms. The Morgan fingerprint density at radius 3 is 2.19 bits per heavy atom. The number of hydrogen-bond donors (Lipinski definition) is 1. The van der Waals surface area contributed by atoms with Gasteiger partial charge in [-0.25, -0.2) is 0 Å². The molecule has 0 radical (unpaired) electrons. The van der Waals surface area contributed by atoms with Gasteiger partial charge in [-0.2, -0.15) is 0 Å². The molecule has 0 aliphatic carbocycles. The topological polar surface area (TPSA) is 66.5 Å². The number of amides is 3. The highest BCUT2D eigenvalue weighted by molar-refractivity contribution is 6.22. The number of fused-ring (bicyclic) bond motifs is 1. The van der Waals surface area contributed by atoms with Crippen molar-refractivity contribution in [3.8, 4) is 0 Å². The lowest BCUT2D eigenvalue weighted by Crippen LogP contribution is -2.50. The van der Waals surface area contributed by atoms with Crippen LogP contribution in [0.1, 0.15) is 39.1 Å². The van der Waals surface area contributed by atoms with Gasteiger partial charge in [-0.05, 0) is 30.5 Å². The zero-order valence-electron chi connectivity index (χ0n) is 15.1. The van der Waals surface area contributed by atoms with Crippen LogP contribution in [0.25, 0.3) is 0 Å². The summed E-state index contributed by atoms with van der Waals surface area (Å²) in [5.74, 6) is -1.16. The smallest absolute Gasteiger partial charge is 0.262 e. The molecule has 2 aromatic carbocycles. The van der Waals surface area contributed by atoms with E-state index in [1.165, 1.54) is 0 Å². The van der Waals surface area contributed by atoms with E-state index in [0.29, 0.717) is 17.7 Å². The van der Waals surface area contributed by atoms with Crippen molar-refractivity contribution >= 4 is 17.7 Å². The van der Waals surface area contributed by atoms with E-state index >= 15 is 0 Å². The van der Waals surface area contributed by atoms with Gasteiger partial charge in [0.1, 0.15) is 6.04 Å². The predicted molar refractivity (Wildman–Crippen MR) is 103 cm³/mol. The molecule has 1 aliphatic rings. The molecule has 5 nitrogen and oxygen atoms in total. The summed E-state index contributed by atoms with van der Waals surface area (Å²) >= 11 is 0. The Bertz CT molecular complexity index is 826. The predicted octanol–water partition coefficient (Wildman–Crippen LogP) is 2.98. The average Bonchev–Trinajstić information content (AvgIpc) is 2.95. The van der Waals surface area contributed by atoms with Crippen molar-refractivity contribution in [3.05, 3.63) is 83.9 Å². The first kappa shape index (κ1) is 18.6. The van der Waals surface area contributed by atoms with Gasteiger partial charge in [-0.3, -0.25) is 19.3 Å². The number of carbonyl (C=O) groups is 3. The third-order valence-corrected chi connectivity index (χ3v) is 4.60. The second-order valence-electron chi connectivity index (χ2n) is 6.45. The summed E-state index contributed by atoms with van der Waals surface area (Å²) in [7, 11) is 0. The minimum atomic E-state index is -0.886. The molecular formula is C22H22N2O3. The van der Waals surface area contributed by atoms with Crippen molar-refractivity contribution in [2.75, 3.05) is 6.54 Å². The van der Waals surface area contributed by atoms with Crippen LogP contribution >= 0.6 is 0 Å². The van der Waals surface area contributed by atoms with Crippen molar-refractivity contribution in [3.63, 3.8) is 0 Å². The van der Waals surface area contributed by atoms with Gasteiger partial charge in [-0.1, -0.05) is 48.5 Å². The van der Waals surface area contributed by atoms with Gasteiger partial charge in [0.05, 0.1) is 11.1 Å². The molecule has 0 spiro atoms. The molecule has 0 saturated heterocycles. The van der Waals surface area contributed by atoms with E-state index in [0.717, 1.165) is 23.3 Å². The minimum absolute atomic E-state index is 0.277. The Morgan fingerprint density at radius 2 is 1.59 bits per heavy atom. The number of nitrogens with one attached hydrogen (secondary N) is 1. The van der Waals surface area contributed by atoms with E-state index in [2.05, 4.69) is 11.9 Å². The molecule has 138 valence electrons. The first-order chi connectivity index (χ1) is 13.1. The van der Waals surface area contributed by atoms with Gasteiger partial charge < -0.3 is 5.32 Å².